The van der Waals surface area contributed by atoms with Gasteiger partial charge in [0.2, 0.25) is 11.8 Å². The molecular weight excluding hydrogens is 344 g/mol. The molecule has 0 aliphatic heterocycles. The molecule has 2 rings (SSSR count). The Kier molecular flexibility index (Phi) is 7.68. The highest BCUT2D eigenvalue weighted by Crippen LogP contribution is 2.44. The van der Waals surface area contributed by atoms with Crippen LogP contribution in [0.3, 0.4) is 0 Å². The summed E-state index contributed by atoms with van der Waals surface area (Å²) in [5, 5.41) is 12.8. The van der Waals surface area contributed by atoms with E-state index in [2.05, 4.69) is 5.32 Å². The van der Waals surface area contributed by atoms with Crippen molar-refractivity contribution >= 4 is 17.8 Å². The molecule has 0 aromatic heterocycles. The molecule has 2 aliphatic rings. The molecule has 6 heteroatoms. The Bertz CT molecular complexity index is 532. The molecule has 0 heterocycles. The van der Waals surface area contributed by atoms with Crippen LogP contribution in [0.25, 0.3) is 0 Å². The van der Waals surface area contributed by atoms with Gasteiger partial charge in [-0.05, 0) is 51.4 Å². The molecule has 1 unspecified atom stereocenters. The van der Waals surface area contributed by atoms with E-state index in [0.717, 1.165) is 57.8 Å². The minimum atomic E-state index is -0.779. The third kappa shape index (κ3) is 5.45. The first-order chi connectivity index (χ1) is 12.8. The Labute approximate surface area is 163 Å². The Hall–Kier alpha value is -1.59. The first kappa shape index (κ1) is 21.7. The summed E-state index contributed by atoms with van der Waals surface area (Å²) in [4.78, 5) is 38.5. The molecule has 0 radical (unpaired) electrons. The number of aliphatic carboxylic acids is 1. The lowest BCUT2D eigenvalue weighted by Gasteiger charge is -2.35. The van der Waals surface area contributed by atoms with Crippen molar-refractivity contribution in [1.29, 1.82) is 0 Å². The second kappa shape index (κ2) is 9.56. The number of carboxylic acid groups (broad SMARTS) is 1. The molecular formula is C21H36N2O4. The van der Waals surface area contributed by atoms with Crippen LogP contribution in [0.5, 0.6) is 0 Å². The third-order valence-corrected chi connectivity index (χ3v) is 6.52. The molecule has 1 atom stereocenters. The summed E-state index contributed by atoms with van der Waals surface area (Å²) in [6.07, 6.45) is 8.74. The van der Waals surface area contributed by atoms with E-state index in [4.69, 9.17) is 0 Å². The third-order valence-electron chi connectivity index (χ3n) is 6.52. The fourth-order valence-electron chi connectivity index (χ4n) is 4.90. The zero-order valence-corrected chi connectivity index (χ0v) is 17.1. The van der Waals surface area contributed by atoms with Gasteiger partial charge in [0, 0.05) is 26.1 Å². The lowest BCUT2D eigenvalue weighted by atomic mass is 9.75. The number of carbonyl (C=O) groups excluding carboxylic acids is 2. The van der Waals surface area contributed by atoms with Crippen LogP contribution in [-0.2, 0) is 14.4 Å². The Morgan fingerprint density at radius 2 is 1.70 bits per heavy atom. The van der Waals surface area contributed by atoms with Crippen LogP contribution < -0.4 is 5.32 Å². The number of hydrogen-bond acceptors (Lipinski definition) is 3. The summed E-state index contributed by atoms with van der Waals surface area (Å²) < 4.78 is 0. The van der Waals surface area contributed by atoms with Crippen molar-refractivity contribution in [3.63, 3.8) is 0 Å². The Morgan fingerprint density at radius 3 is 2.19 bits per heavy atom. The quantitative estimate of drug-likeness (QED) is 0.677. The second-order valence-corrected chi connectivity index (χ2v) is 8.77. The average molecular weight is 381 g/mol. The van der Waals surface area contributed by atoms with Crippen LogP contribution in [0.4, 0.5) is 0 Å². The van der Waals surface area contributed by atoms with Gasteiger partial charge in [-0.1, -0.05) is 26.2 Å². The fraction of sp³-hybridized carbons (Fsp3) is 0.857. The maximum atomic E-state index is 13.1. The average Bonchev–Trinajstić information content (AvgIpc) is 3.11. The van der Waals surface area contributed by atoms with Gasteiger partial charge in [0.05, 0.1) is 11.3 Å². The minimum Gasteiger partial charge on any atom is -0.481 e. The van der Waals surface area contributed by atoms with Gasteiger partial charge in [-0.25, -0.2) is 0 Å². The van der Waals surface area contributed by atoms with Crippen LogP contribution in [0.15, 0.2) is 0 Å². The summed E-state index contributed by atoms with van der Waals surface area (Å²) in [7, 11) is 3.57. The topological polar surface area (TPSA) is 86.7 Å². The number of amides is 2. The van der Waals surface area contributed by atoms with Gasteiger partial charge in [-0.2, -0.15) is 0 Å². The number of hydrogen-bond donors (Lipinski definition) is 2. The molecule has 6 nitrogen and oxygen atoms in total. The van der Waals surface area contributed by atoms with E-state index in [0.29, 0.717) is 12.8 Å². The van der Waals surface area contributed by atoms with Gasteiger partial charge in [-0.15, -0.1) is 0 Å². The molecule has 0 aromatic carbocycles. The smallest absolute Gasteiger partial charge is 0.306 e. The highest BCUT2D eigenvalue weighted by molar-refractivity contribution is 5.84. The normalized spacial score (nSPS) is 25.6. The van der Waals surface area contributed by atoms with Gasteiger partial charge in [0.15, 0.2) is 0 Å². The van der Waals surface area contributed by atoms with Crippen molar-refractivity contribution in [3.05, 3.63) is 0 Å². The molecule has 2 aliphatic carbocycles. The van der Waals surface area contributed by atoms with Gasteiger partial charge in [-0.3, -0.25) is 14.4 Å². The summed E-state index contributed by atoms with van der Waals surface area (Å²) in [5.41, 5.74) is -0.519. The number of carbonyl (C=O) groups is 3. The van der Waals surface area contributed by atoms with Gasteiger partial charge < -0.3 is 15.3 Å². The van der Waals surface area contributed by atoms with Crippen LogP contribution in [-0.4, -0.2) is 47.9 Å². The lowest BCUT2D eigenvalue weighted by molar-refractivity contribution is -0.144. The number of nitrogens with one attached hydrogen (secondary N) is 1. The molecule has 2 amide bonds. The molecule has 0 saturated heterocycles. The van der Waals surface area contributed by atoms with Crippen molar-refractivity contribution in [1.82, 2.24) is 10.2 Å². The molecule has 154 valence electrons. The van der Waals surface area contributed by atoms with Crippen molar-refractivity contribution in [2.75, 3.05) is 14.1 Å². The van der Waals surface area contributed by atoms with Gasteiger partial charge >= 0.3 is 5.97 Å². The zero-order chi connectivity index (χ0) is 20.0. The Balaban J connectivity index is 1.96. The van der Waals surface area contributed by atoms with E-state index in [1.807, 2.05) is 6.92 Å². The largest absolute Gasteiger partial charge is 0.481 e. The summed E-state index contributed by atoms with van der Waals surface area (Å²) >= 11 is 0. The van der Waals surface area contributed by atoms with Crippen LogP contribution >= 0.6 is 0 Å². The van der Waals surface area contributed by atoms with Crippen LogP contribution in [0.2, 0.25) is 0 Å². The van der Waals surface area contributed by atoms with Crippen molar-refractivity contribution in [2.45, 2.75) is 83.6 Å². The predicted molar refractivity (Wildman–Crippen MR) is 104 cm³/mol. The van der Waals surface area contributed by atoms with Crippen molar-refractivity contribution in [3.8, 4) is 0 Å². The van der Waals surface area contributed by atoms with Crippen LogP contribution in [0.1, 0.15) is 77.6 Å². The van der Waals surface area contributed by atoms with Crippen LogP contribution in [0, 0.1) is 17.3 Å². The minimum absolute atomic E-state index is 0.0461. The molecule has 2 N–H and O–H groups in total. The number of carboxylic acids is 1. The molecule has 0 spiro atoms. The summed E-state index contributed by atoms with van der Waals surface area (Å²) in [6.45, 7) is 1.99. The molecule has 2 saturated carbocycles. The Morgan fingerprint density at radius 1 is 1.11 bits per heavy atom. The zero-order valence-electron chi connectivity index (χ0n) is 17.1. The second-order valence-electron chi connectivity index (χ2n) is 8.77. The van der Waals surface area contributed by atoms with E-state index in [9.17, 15) is 19.5 Å². The highest BCUT2D eigenvalue weighted by atomic mass is 16.4. The molecule has 2 fully saturated rings. The molecule has 0 bridgehead atoms. The number of nitrogens with zero attached hydrogens (tertiary/aromatic N) is 1. The molecule has 0 aromatic rings. The van der Waals surface area contributed by atoms with E-state index in [1.165, 1.54) is 0 Å². The van der Waals surface area contributed by atoms with E-state index in [1.54, 1.807) is 19.0 Å². The standard InChI is InChI=1S/C21H36N2O4/c1-4-7-16(19(25)26)14-21(12-5-6-13-21)20(27)22-17-10-8-15(9-11-17)18(24)23(2)3/h15-17H,4-14H2,1-3H3,(H,22,27)(H,25,26). The summed E-state index contributed by atoms with van der Waals surface area (Å²) in [5.74, 6) is -0.930. The first-order valence-corrected chi connectivity index (χ1v) is 10.5. The molecule has 27 heavy (non-hydrogen) atoms. The SMILES string of the molecule is CCCC(CC1(C(=O)NC2CCC(C(=O)N(C)C)CC2)CCCC1)C(=O)O. The maximum Gasteiger partial charge on any atom is 0.306 e. The fourth-order valence-corrected chi connectivity index (χ4v) is 4.90. The predicted octanol–water partition coefficient (Wildman–Crippen LogP) is 3.20. The number of rotatable bonds is 8. The van der Waals surface area contributed by atoms with Gasteiger partial charge in [0.1, 0.15) is 0 Å². The van der Waals surface area contributed by atoms with Gasteiger partial charge in [0.25, 0.3) is 0 Å². The van der Waals surface area contributed by atoms with Crippen molar-refractivity contribution in [2.24, 2.45) is 17.3 Å². The summed E-state index contributed by atoms with van der Waals surface area (Å²) in [6, 6.07) is 0.107. The van der Waals surface area contributed by atoms with Crippen molar-refractivity contribution < 1.29 is 19.5 Å². The first-order valence-electron chi connectivity index (χ1n) is 10.5. The van der Waals surface area contributed by atoms with E-state index in [-0.39, 0.29) is 23.8 Å². The monoisotopic (exact) mass is 380 g/mol. The lowest BCUT2D eigenvalue weighted by Crippen LogP contribution is -2.47. The maximum absolute atomic E-state index is 13.1. The van der Waals surface area contributed by atoms with E-state index >= 15 is 0 Å². The highest BCUT2D eigenvalue weighted by Gasteiger charge is 2.44. The van der Waals surface area contributed by atoms with E-state index < -0.39 is 17.3 Å².